The highest BCUT2D eigenvalue weighted by Gasteiger charge is 2.56. The highest BCUT2D eigenvalue weighted by molar-refractivity contribution is 6.30. The quantitative estimate of drug-likeness (QED) is 0.222. The van der Waals surface area contributed by atoms with Crippen LogP contribution in [0.3, 0.4) is 0 Å². The Labute approximate surface area is 290 Å². The lowest BCUT2D eigenvalue weighted by molar-refractivity contribution is -0.307. The molecule has 0 saturated carbocycles. The Morgan fingerprint density at radius 1 is 1.02 bits per heavy atom. The summed E-state index contributed by atoms with van der Waals surface area (Å²) in [6, 6.07) is 10.4. The van der Waals surface area contributed by atoms with E-state index in [1.54, 1.807) is 43.3 Å². The summed E-state index contributed by atoms with van der Waals surface area (Å²) in [5.41, 5.74) is 0.392. The Kier molecular flexibility index (Phi) is 12.1. The number of quaternary nitrogens is 1. The second kappa shape index (κ2) is 15.7. The second-order valence-corrected chi connectivity index (χ2v) is 13.4. The van der Waals surface area contributed by atoms with Crippen molar-refractivity contribution in [3.8, 4) is 11.5 Å². The van der Waals surface area contributed by atoms with E-state index in [-0.39, 0.29) is 51.5 Å². The Morgan fingerprint density at radius 3 is 2.27 bits per heavy atom. The lowest BCUT2D eigenvalue weighted by atomic mass is 9.81. The van der Waals surface area contributed by atoms with Crippen LogP contribution in [0.1, 0.15) is 57.8 Å². The van der Waals surface area contributed by atoms with Crippen molar-refractivity contribution in [1.82, 2.24) is 9.60 Å². The standard InChI is InChI=1S/C35H43ClN2O11/c1-21(39)28-16-37(13-12-24(28)14-32(43)44)38(18-35(4,19-48-22(2)40)20-49-23(3)41)29-11-10-25(36)15-27(29)33(47-17-31(38)42)26-8-7-9-30(45-5)34(26)46-6/h7-11,15,24,28,33H,12-14,16-20H2,1-6H3/t24?,28-,33-,38?/m1/s1. The molecule has 4 atom stereocenters. The van der Waals surface area contributed by atoms with Gasteiger partial charge < -0.3 is 33.6 Å². The van der Waals surface area contributed by atoms with E-state index in [9.17, 15) is 29.1 Å². The zero-order chi connectivity index (χ0) is 36.1. The Morgan fingerprint density at radius 2 is 1.69 bits per heavy atom. The summed E-state index contributed by atoms with van der Waals surface area (Å²) in [7, 11) is 3.00. The molecule has 13 nitrogen and oxygen atoms in total. The minimum atomic E-state index is -1.27. The number of esters is 2. The SMILES string of the molecule is COc1cccc([C@H]2OCC(=O)[N+](CC(C)(COC(C)=O)COC(C)=O)(N3CCC(CC(=O)[O-])[C@@H](C(C)=O)C3)c3ccc(Cl)cc32)c1OC. The summed E-state index contributed by atoms with van der Waals surface area (Å²) in [5.74, 6) is -3.47. The number of fused-ring (bicyclic) bond motifs is 1. The fraction of sp³-hybridized carbons (Fsp3) is 0.514. The number of amides is 1. The van der Waals surface area contributed by atoms with Gasteiger partial charge in [-0.15, -0.1) is 9.60 Å². The highest BCUT2D eigenvalue weighted by Crippen LogP contribution is 2.48. The topological polar surface area (TPSA) is 158 Å². The van der Waals surface area contributed by atoms with Crippen LogP contribution in [0.5, 0.6) is 11.5 Å². The molecule has 2 unspecified atom stereocenters. The van der Waals surface area contributed by atoms with Crippen molar-refractivity contribution < 1.29 is 52.8 Å². The maximum Gasteiger partial charge on any atom is 0.363 e. The molecule has 0 N–H and O–H groups in total. The number of methoxy groups -OCH3 is 2. The van der Waals surface area contributed by atoms with E-state index in [4.69, 9.17) is 35.3 Å². The summed E-state index contributed by atoms with van der Waals surface area (Å²) < 4.78 is 28.1. The maximum absolute atomic E-state index is 14.9. The molecule has 2 aromatic rings. The van der Waals surface area contributed by atoms with Crippen LogP contribution >= 0.6 is 11.6 Å². The van der Waals surface area contributed by atoms with Gasteiger partial charge in [0.1, 0.15) is 31.6 Å². The summed E-state index contributed by atoms with van der Waals surface area (Å²) in [6.07, 6.45) is -0.919. The highest BCUT2D eigenvalue weighted by atomic mass is 35.5. The van der Waals surface area contributed by atoms with Gasteiger partial charge in [0.15, 0.2) is 23.8 Å². The summed E-state index contributed by atoms with van der Waals surface area (Å²) in [6.45, 7) is 4.94. The van der Waals surface area contributed by atoms with Gasteiger partial charge in [0.25, 0.3) is 0 Å². The number of Topliss-reactive ketones (excluding diaryl/α,β-unsaturated/α-hetero) is 1. The van der Waals surface area contributed by atoms with Gasteiger partial charge in [-0.3, -0.25) is 14.4 Å². The predicted octanol–water partition coefficient (Wildman–Crippen LogP) is 3.03. The van der Waals surface area contributed by atoms with Crippen molar-refractivity contribution in [1.29, 1.82) is 0 Å². The second-order valence-electron chi connectivity index (χ2n) is 12.9. The van der Waals surface area contributed by atoms with Crippen molar-refractivity contribution in [2.24, 2.45) is 17.3 Å². The largest absolute Gasteiger partial charge is 0.550 e. The fourth-order valence-corrected chi connectivity index (χ4v) is 7.15. The average Bonchev–Trinajstić information content (AvgIpc) is 3.16. The molecule has 0 bridgehead atoms. The maximum atomic E-state index is 14.9. The van der Waals surface area contributed by atoms with Crippen molar-refractivity contribution in [2.45, 2.75) is 46.6 Å². The minimum absolute atomic E-state index is 0.0193. The Balaban J connectivity index is 2.00. The van der Waals surface area contributed by atoms with Crippen LogP contribution < -0.4 is 19.2 Å². The molecule has 14 heteroatoms. The zero-order valence-corrected chi connectivity index (χ0v) is 29.4. The van der Waals surface area contributed by atoms with Crippen molar-refractivity contribution in [2.75, 3.05) is 53.7 Å². The Bertz CT molecular complexity index is 1580. The number of hydrogen-bond donors (Lipinski definition) is 0. The predicted molar refractivity (Wildman–Crippen MR) is 175 cm³/mol. The molecular formula is C35H43ClN2O11. The van der Waals surface area contributed by atoms with Crippen LogP contribution in [0.2, 0.25) is 5.02 Å². The first-order chi connectivity index (χ1) is 23.1. The van der Waals surface area contributed by atoms with E-state index in [2.05, 4.69) is 0 Å². The third-order valence-corrected chi connectivity index (χ3v) is 9.43. The van der Waals surface area contributed by atoms with Gasteiger partial charge in [-0.25, -0.2) is 4.79 Å². The third kappa shape index (κ3) is 8.23. The number of carbonyl (C=O) groups is 5. The van der Waals surface area contributed by atoms with Crippen LogP contribution in [0.25, 0.3) is 0 Å². The fourth-order valence-electron chi connectivity index (χ4n) is 6.97. The number of carboxylic acid groups (broad SMARTS) is 1. The van der Waals surface area contributed by atoms with Crippen LogP contribution in [-0.2, 0) is 38.2 Å². The van der Waals surface area contributed by atoms with E-state index < -0.39 is 58.4 Å². The van der Waals surface area contributed by atoms with Gasteiger partial charge in [0.2, 0.25) is 0 Å². The molecule has 2 aliphatic heterocycles. The molecule has 49 heavy (non-hydrogen) atoms. The van der Waals surface area contributed by atoms with Crippen LogP contribution in [-0.4, -0.2) is 88.3 Å². The van der Waals surface area contributed by atoms with E-state index in [0.717, 1.165) is 0 Å². The van der Waals surface area contributed by atoms with Crippen molar-refractivity contribution >= 4 is 46.9 Å². The normalized spacial score (nSPS) is 22.8. The van der Waals surface area contributed by atoms with Gasteiger partial charge >= 0.3 is 17.8 Å². The molecule has 0 aliphatic carbocycles. The van der Waals surface area contributed by atoms with Gasteiger partial charge in [-0.2, -0.15) is 0 Å². The number of para-hydroxylation sites is 1. The molecule has 1 fully saturated rings. The van der Waals surface area contributed by atoms with Crippen LogP contribution in [0.4, 0.5) is 5.69 Å². The molecule has 0 spiro atoms. The first-order valence-electron chi connectivity index (χ1n) is 15.9. The lowest BCUT2D eigenvalue weighted by Gasteiger charge is -2.50. The zero-order valence-electron chi connectivity index (χ0n) is 28.6. The van der Waals surface area contributed by atoms with Crippen LogP contribution in [0.15, 0.2) is 36.4 Å². The number of hydrogen-bond acceptors (Lipinski definition) is 12. The number of carboxylic acids is 1. The monoisotopic (exact) mass is 702 g/mol. The van der Waals surface area contributed by atoms with Crippen LogP contribution in [0, 0.1) is 17.3 Å². The Hall–Kier alpha value is -4.04. The first kappa shape index (κ1) is 37.8. The number of benzene rings is 2. The molecule has 2 heterocycles. The van der Waals surface area contributed by atoms with Crippen molar-refractivity contribution in [3.63, 3.8) is 0 Å². The molecule has 4 rings (SSSR count). The molecule has 2 aliphatic rings. The molecule has 266 valence electrons. The van der Waals surface area contributed by atoms with E-state index >= 15 is 0 Å². The molecule has 1 saturated heterocycles. The summed E-state index contributed by atoms with van der Waals surface area (Å²) in [5, 5.41) is 13.9. The number of ketones is 1. The van der Waals surface area contributed by atoms with Gasteiger partial charge in [-0.05, 0) is 50.8 Å². The lowest BCUT2D eigenvalue weighted by Crippen LogP contribution is -2.72. The number of ether oxygens (including phenoxy) is 5. The van der Waals surface area contributed by atoms with Gasteiger partial charge in [0, 0.05) is 48.9 Å². The smallest absolute Gasteiger partial charge is 0.363 e. The number of rotatable bonds is 13. The summed E-state index contributed by atoms with van der Waals surface area (Å²) >= 11 is 6.63. The van der Waals surface area contributed by atoms with E-state index in [1.807, 2.05) is 5.01 Å². The number of piperidine rings is 1. The van der Waals surface area contributed by atoms with E-state index in [0.29, 0.717) is 33.3 Å². The number of halogens is 1. The minimum Gasteiger partial charge on any atom is -0.550 e. The molecule has 2 aromatic carbocycles. The molecular weight excluding hydrogens is 660 g/mol. The number of carbonyl (C=O) groups excluding carboxylic acids is 5. The van der Waals surface area contributed by atoms with Gasteiger partial charge in [-0.1, -0.05) is 23.7 Å². The molecule has 0 radical (unpaired) electrons. The van der Waals surface area contributed by atoms with E-state index in [1.165, 1.54) is 35.0 Å². The third-order valence-electron chi connectivity index (χ3n) is 9.20. The molecule has 0 aromatic heterocycles. The average molecular weight is 703 g/mol. The number of nitrogens with zero attached hydrogens (tertiary/aromatic N) is 2. The molecule has 1 amide bonds. The van der Waals surface area contributed by atoms with Crippen molar-refractivity contribution in [3.05, 3.63) is 52.5 Å². The first-order valence-corrected chi connectivity index (χ1v) is 16.3. The number of aliphatic carboxylic acids is 1. The summed E-state index contributed by atoms with van der Waals surface area (Å²) in [4.78, 5) is 63.8. The van der Waals surface area contributed by atoms with Gasteiger partial charge in [0.05, 0.1) is 31.7 Å².